The predicted octanol–water partition coefficient (Wildman–Crippen LogP) is 1.92. The van der Waals surface area contributed by atoms with Crippen LogP contribution in [-0.4, -0.2) is 30.2 Å². The number of nitro benzene ring substituents is 1. The number of hydrogen-bond donors (Lipinski definition) is 0. The molecule has 1 unspecified atom stereocenters. The largest absolute Gasteiger partial charge is 0.493 e. The van der Waals surface area contributed by atoms with E-state index in [1.54, 1.807) is 0 Å². The lowest BCUT2D eigenvalue weighted by Crippen LogP contribution is -2.13. The van der Waals surface area contributed by atoms with Gasteiger partial charge in [-0.05, 0) is 6.42 Å². The molecule has 0 N–H and O–H groups in total. The fourth-order valence-corrected chi connectivity index (χ4v) is 2.13. The van der Waals surface area contributed by atoms with Crippen molar-refractivity contribution in [3.05, 3.63) is 27.8 Å². The summed E-state index contributed by atoms with van der Waals surface area (Å²) in [6.07, 6.45) is 1.39. The SMILES string of the molecule is COc1cc(C=O)c([N+](=O)[O-])cc1OC1CCC(=O)C1. The molecule has 7 nitrogen and oxygen atoms in total. The number of ether oxygens (including phenoxy) is 2. The molecule has 0 heterocycles. The van der Waals surface area contributed by atoms with Crippen LogP contribution in [0.1, 0.15) is 29.6 Å². The van der Waals surface area contributed by atoms with Crippen molar-refractivity contribution in [2.24, 2.45) is 0 Å². The summed E-state index contributed by atoms with van der Waals surface area (Å²) in [5, 5.41) is 10.9. The Bertz CT molecular complexity index is 568. The van der Waals surface area contributed by atoms with Crippen LogP contribution in [0.4, 0.5) is 5.69 Å². The maximum absolute atomic E-state index is 11.2. The Morgan fingerprint density at radius 1 is 1.40 bits per heavy atom. The van der Waals surface area contributed by atoms with Crippen LogP contribution in [0.15, 0.2) is 12.1 Å². The van der Waals surface area contributed by atoms with Crippen molar-refractivity contribution < 1.29 is 24.0 Å². The minimum atomic E-state index is -0.657. The number of rotatable bonds is 5. The summed E-state index contributed by atoms with van der Waals surface area (Å²) in [7, 11) is 1.38. The van der Waals surface area contributed by atoms with Gasteiger partial charge >= 0.3 is 0 Å². The van der Waals surface area contributed by atoms with Crippen molar-refractivity contribution in [1.82, 2.24) is 0 Å². The third-order valence-corrected chi connectivity index (χ3v) is 3.13. The van der Waals surface area contributed by atoms with Crippen LogP contribution in [0.25, 0.3) is 0 Å². The summed E-state index contributed by atoms with van der Waals surface area (Å²) in [4.78, 5) is 32.3. The van der Waals surface area contributed by atoms with Gasteiger partial charge in [0.15, 0.2) is 17.8 Å². The first kappa shape index (κ1) is 14.0. The molecular formula is C13H13NO6. The van der Waals surface area contributed by atoms with Crippen molar-refractivity contribution in [3.63, 3.8) is 0 Å². The van der Waals surface area contributed by atoms with Crippen molar-refractivity contribution >= 4 is 17.8 Å². The number of nitro groups is 1. The molecular weight excluding hydrogens is 266 g/mol. The second-order valence-corrected chi connectivity index (χ2v) is 4.46. The molecule has 1 aliphatic carbocycles. The van der Waals surface area contributed by atoms with Gasteiger partial charge in [0.1, 0.15) is 11.9 Å². The Balaban J connectivity index is 2.35. The smallest absolute Gasteiger partial charge is 0.283 e. The summed E-state index contributed by atoms with van der Waals surface area (Å²) in [6.45, 7) is 0. The highest BCUT2D eigenvalue weighted by molar-refractivity contribution is 5.83. The number of carbonyl (C=O) groups is 2. The average Bonchev–Trinajstić information content (AvgIpc) is 2.83. The zero-order valence-electron chi connectivity index (χ0n) is 10.8. The van der Waals surface area contributed by atoms with E-state index in [9.17, 15) is 19.7 Å². The Labute approximate surface area is 114 Å². The van der Waals surface area contributed by atoms with E-state index >= 15 is 0 Å². The molecule has 0 spiro atoms. The van der Waals surface area contributed by atoms with Gasteiger partial charge in [-0.25, -0.2) is 0 Å². The first-order chi connectivity index (χ1) is 9.55. The van der Waals surface area contributed by atoms with Gasteiger partial charge in [0.05, 0.1) is 23.7 Å². The van der Waals surface area contributed by atoms with E-state index in [0.29, 0.717) is 19.1 Å². The van der Waals surface area contributed by atoms with Gasteiger partial charge in [-0.1, -0.05) is 0 Å². The summed E-state index contributed by atoms with van der Waals surface area (Å²) < 4.78 is 10.7. The van der Waals surface area contributed by atoms with Gasteiger partial charge in [-0.3, -0.25) is 19.7 Å². The number of ketones is 1. The van der Waals surface area contributed by atoms with Gasteiger partial charge in [-0.2, -0.15) is 0 Å². The molecule has 1 aromatic carbocycles. The first-order valence-corrected chi connectivity index (χ1v) is 6.05. The molecule has 0 aromatic heterocycles. The minimum absolute atomic E-state index is 0.0818. The molecule has 0 bridgehead atoms. The van der Waals surface area contributed by atoms with Gasteiger partial charge < -0.3 is 9.47 Å². The van der Waals surface area contributed by atoms with Crippen LogP contribution in [0.2, 0.25) is 0 Å². The van der Waals surface area contributed by atoms with Crippen LogP contribution >= 0.6 is 0 Å². The number of benzene rings is 1. The Kier molecular flexibility index (Phi) is 3.97. The van der Waals surface area contributed by atoms with Crippen molar-refractivity contribution in [1.29, 1.82) is 0 Å². The number of carbonyl (C=O) groups excluding carboxylic acids is 2. The molecule has 1 aromatic rings. The normalized spacial score (nSPS) is 17.9. The fraction of sp³-hybridized carbons (Fsp3) is 0.385. The van der Waals surface area contributed by atoms with Crippen molar-refractivity contribution in [2.45, 2.75) is 25.4 Å². The molecule has 1 saturated carbocycles. The van der Waals surface area contributed by atoms with Gasteiger partial charge in [0.25, 0.3) is 5.69 Å². The van der Waals surface area contributed by atoms with E-state index in [1.165, 1.54) is 13.2 Å². The highest BCUT2D eigenvalue weighted by atomic mass is 16.6. The molecule has 1 aliphatic rings. The molecule has 2 rings (SSSR count). The maximum atomic E-state index is 11.2. The summed E-state index contributed by atoms with van der Waals surface area (Å²) in [5.41, 5.74) is -0.429. The number of Topliss-reactive ketones (excluding diaryl/α,β-unsaturated/α-hetero) is 1. The molecule has 106 valence electrons. The molecule has 1 fully saturated rings. The second-order valence-electron chi connectivity index (χ2n) is 4.46. The van der Waals surface area contributed by atoms with E-state index < -0.39 is 4.92 Å². The average molecular weight is 279 g/mol. The third kappa shape index (κ3) is 2.76. The number of aldehydes is 1. The standard InChI is InChI=1S/C13H13NO6/c1-19-12-4-8(7-15)11(14(17)18)6-13(12)20-10-3-2-9(16)5-10/h4,6-7,10H,2-3,5H2,1H3. The summed E-state index contributed by atoms with van der Waals surface area (Å²) in [5.74, 6) is 0.509. The number of nitrogens with zero attached hydrogens (tertiary/aromatic N) is 1. The second kappa shape index (κ2) is 5.68. The Morgan fingerprint density at radius 2 is 2.15 bits per heavy atom. The van der Waals surface area contributed by atoms with Crippen LogP contribution in [-0.2, 0) is 4.79 Å². The lowest BCUT2D eigenvalue weighted by atomic mass is 10.1. The molecule has 0 saturated heterocycles. The van der Waals surface area contributed by atoms with Crippen LogP contribution in [0.3, 0.4) is 0 Å². The third-order valence-electron chi connectivity index (χ3n) is 3.13. The molecule has 7 heteroatoms. The fourth-order valence-electron chi connectivity index (χ4n) is 2.13. The van der Waals surface area contributed by atoms with Crippen LogP contribution in [0, 0.1) is 10.1 Å². The van der Waals surface area contributed by atoms with Crippen molar-refractivity contribution in [3.8, 4) is 11.5 Å². The number of methoxy groups -OCH3 is 1. The van der Waals surface area contributed by atoms with E-state index in [1.807, 2.05) is 0 Å². The zero-order chi connectivity index (χ0) is 14.7. The molecule has 0 aliphatic heterocycles. The lowest BCUT2D eigenvalue weighted by Gasteiger charge is -2.15. The molecule has 0 amide bonds. The summed E-state index contributed by atoms with van der Waals surface area (Å²) in [6, 6.07) is 2.42. The lowest BCUT2D eigenvalue weighted by molar-refractivity contribution is -0.385. The van der Waals surface area contributed by atoms with Crippen LogP contribution in [0.5, 0.6) is 11.5 Å². The molecule has 20 heavy (non-hydrogen) atoms. The predicted molar refractivity (Wildman–Crippen MR) is 68.3 cm³/mol. The van der Waals surface area contributed by atoms with E-state index in [4.69, 9.17) is 9.47 Å². The zero-order valence-corrected chi connectivity index (χ0v) is 10.8. The van der Waals surface area contributed by atoms with Gasteiger partial charge in [0, 0.05) is 18.9 Å². The molecule has 0 radical (unpaired) electrons. The number of hydrogen-bond acceptors (Lipinski definition) is 6. The highest BCUT2D eigenvalue weighted by Crippen LogP contribution is 2.36. The van der Waals surface area contributed by atoms with Crippen molar-refractivity contribution in [2.75, 3.05) is 7.11 Å². The maximum Gasteiger partial charge on any atom is 0.283 e. The van der Waals surface area contributed by atoms with Gasteiger partial charge in [0.2, 0.25) is 0 Å². The molecule has 1 atom stereocenters. The topological polar surface area (TPSA) is 95.7 Å². The van der Waals surface area contributed by atoms with E-state index in [0.717, 1.165) is 6.07 Å². The van der Waals surface area contributed by atoms with Crippen LogP contribution < -0.4 is 9.47 Å². The highest BCUT2D eigenvalue weighted by Gasteiger charge is 2.26. The first-order valence-electron chi connectivity index (χ1n) is 6.05. The van der Waals surface area contributed by atoms with Gasteiger partial charge in [-0.15, -0.1) is 0 Å². The summed E-state index contributed by atoms with van der Waals surface area (Å²) >= 11 is 0. The quantitative estimate of drug-likeness (QED) is 0.464. The monoisotopic (exact) mass is 279 g/mol. The Hall–Kier alpha value is -2.44. The Morgan fingerprint density at radius 3 is 2.65 bits per heavy atom. The van der Waals surface area contributed by atoms with E-state index in [2.05, 4.69) is 0 Å². The minimum Gasteiger partial charge on any atom is -0.493 e. The van der Waals surface area contributed by atoms with E-state index in [-0.39, 0.29) is 41.1 Å².